The summed E-state index contributed by atoms with van der Waals surface area (Å²) in [5.74, 6) is 0.231. The van der Waals surface area contributed by atoms with Crippen LogP contribution in [0.25, 0.3) is 11.2 Å². The topological polar surface area (TPSA) is 212 Å². The normalized spacial score (nSPS) is 22.8. The van der Waals surface area contributed by atoms with E-state index in [2.05, 4.69) is 20.3 Å². The fourth-order valence-electron chi connectivity index (χ4n) is 3.43. The Labute approximate surface area is 178 Å². The van der Waals surface area contributed by atoms with Crippen molar-refractivity contribution in [1.29, 1.82) is 0 Å². The number of nitrogens with zero attached hydrogens (tertiary/aromatic N) is 6. The summed E-state index contributed by atoms with van der Waals surface area (Å²) >= 11 is 0. The number of benzene rings is 1. The van der Waals surface area contributed by atoms with Crippen molar-refractivity contribution < 1.29 is 29.9 Å². The highest BCUT2D eigenvalue weighted by molar-refractivity contribution is 5.82. The van der Waals surface area contributed by atoms with Gasteiger partial charge in [0.15, 0.2) is 23.2 Å². The molecule has 15 nitrogen and oxygen atoms in total. The van der Waals surface area contributed by atoms with E-state index in [0.717, 1.165) is 6.07 Å². The molecule has 0 amide bonds. The first kappa shape index (κ1) is 21.4. The summed E-state index contributed by atoms with van der Waals surface area (Å²) in [4.78, 5) is 33.1. The van der Waals surface area contributed by atoms with Crippen LogP contribution in [0, 0.1) is 20.2 Å². The zero-order valence-corrected chi connectivity index (χ0v) is 16.2. The van der Waals surface area contributed by atoms with Crippen molar-refractivity contribution in [3.63, 3.8) is 0 Å². The first-order valence-corrected chi connectivity index (χ1v) is 9.26. The highest BCUT2D eigenvalue weighted by Crippen LogP contribution is 2.32. The molecular weight excluding hydrogens is 430 g/mol. The van der Waals surface area contributed by atoms with Crippen molar-refractivity contribution >= 4 is 28.4 Å². The predicted molar refractivity (Wildman–Crippen MR) is 105 cm³/mol. The molecule has 3 heterocycles. The van der Waals surface area contributed by atoms with Crippen LogP contribution in [0.2, 0.25) is 0 Å². The van der Waals surface area contributed by atoms with Crippen molar-refractivity contribution in [3.8, 4) is 0 Å². The van der Waals surface area contributed by atoms with Gasteiger partial charge in [0.1, 0.15) is 24.6 Å². The zero-order chi connectivity index (χ0) is 23.0. The molecule has 4 N–H and O–H groups in total. The van der Waals surface area contributed by atoms with Gasteiger partial charge in [-0.1, -0.05) is 0 Å². The van der Waals surface area contributed by atoms with Gasteiger partial charge in [-0.3, -0.25) is 24.8 Å². The third kappa shape index (κ3) is 3.80. The second-order valence-corrected chi connectivity index (χ2v) is 7.00. The summed E-state index contributed by atoms with van der Waals surface area (Å²) in [6.45, 7) is -0.520. The lowest BCUT2D eigenvalue weighted by Crippen LogP contribution is -2.33. The molecule has 2 aromatic heterocycles. The van der Waals surface area contributed by atoms with Crippen LogP contribution in [0.3, 0.4) is 0 Å². The van der Waals surface area contributed by atoms with Crippen LogP contribution in [0.15, 0.2) is 30.9 Å². The smallest absolute Gasteiger partial charge is 0.276 e. The summed E-state index contributed by atoms with van der Waals surface area (Å²) < 4.78 is 6.87. The van der Waals surface area contributed by atoms with Gasteiger partial charge in [-0.25, -0.2) is 15.0 Å². The number of hydrogen-bond acceptors (Lipinski definition) is 12. The van der Waals surface area contributed by atoms with E-state index in [1.165, 1.54) is 29.4 Å². The Kier molecular flexibility index (Phi) is 5.62. The molecule has 1 fully saturated rings. The molecule has 4 rings (SSSR count). The number of non-ortho nitro benzene ring substituents is 2. The van der Waals surface area contributed by atoms with Crippen molar-refractivity contribution in [2.45, 2.75) is 31.1 Å². The maximum Gasteiger partial charge on any atom is 0.276 e. The first-order valence-electron chi connectivity index (χ1n) is 9.26. The number of fused-ring (bicyclic) bond motifs is 1. The first-order chi connectivity index (χ1) is 15.3. The summed E-state index contributed by atoms with van der Waals surface area (Å²) in [5, 5.41) is 54.5. The maximum atomic E-state index is 11.1. The number of aliphatic hydroxyl groups is 3. The summed E-state index contributed by atoms with van der Waals surface area (Å²) in [5.41, 5.74) is -0.0389. The standard InChI is InChI=1S/C17H17N7O8/c25-5-11-13(26)14(27)17(32-11)22-7-21-12-15(19-6-20-16(12)22)18-4-8-1-9(23(28)29)3-10(2-8)24(30)31/h1-3,6-7,11,13-14,17,25-27H,4-5H2,(H,18,19,20)/t11-,13-,14-,17-/m1/s1. The number of nitrogens with one attached hydrogen (secondary N) is 1. The second kappa shape index (κ2) is 8.39. The van der Waals surface area contributed by atoms with Crippen molar-refractivity contribution in [2.24, 2.45) is 0 Å². The molecule has 15 heteroatoms. The fourth-order valence-corrected chi connectivity index (χ4v) is 3.43. The molecule has 0 aliphatic carbocycles. The molecule has 0 radical (unpaired) electrons. The molecule has 1 aromatic carbocycles. The van der Waals surface area contributed by atoms with Gasteiger partial charge in [0.2, 0.25) is 0 Å². The number of aliphatic hydroxyl groups excluding tert-OH is 3. The predicted octanol–water partition coefficient (Wildman–Crippen LogP) is -0.134. The zero-order valence-electron chi connectivity index (χ0n) is 16.2. The van der Waals surface area contributed by atoms with Crippen LogP contribution in [-0.2, 0) is 11.3 Å². The molecule has 4 atom stereocenters. The molecule has 1 saturated heterocycles. The molecule has 168 valence electrons. The van der Waals surface area contributed by atoms with Gasteiger partial charge in [0.05, 0.1) is 28.8 Å². The van der Waals surface area contributed by atoms with Gasteiger partial charge in [-0.2, -0.15) is 0 Å². The minimum absolute atomic E-state index is 0.0324. The van der Waals surface area contributed by atoms with Crippen LogP contribution in [0.5, 0.6) is 0 Å². The Balaban J connectivity index is 1.61. The quantitative estimate of drug-likeness (QED) is 0.275. The lowest BCUT2D eigenvalue weighted by atomic mass is 10.1. The largest absolute Gasteiger partial charge is 0.394 e. The summed E-state index contributed by atoms with van der Waals surface area (Å²) in [7, 11) is 0. The van der Waals surface area contributed by atoms with Gasteiger partial charge in [0, 0.05) is 18.7 Å². The minimum Gasteiger partial charge on any atom is -0.394 e. The van der Waals surface area contributed by atoms with E-state index in [4.69, 9.17) is 4.74 Å². The van der Waals surface area contributed by atoms with Gasteiger partial charge in [-0.15, -0.1) is 0 Å². The molecule has 3 aromatic rings. The molecule has 32 heavy (non-hydrogen) atoms. The second-order valence-electron chi connectivity index (χ2n) is 7.00. The molecule has 0 unspecified atom stereocenters. The Morgan fingerprint density at radius 3 is 2.34 bits per heavy atom. The minimum atomic E-state index is -1.33. The summed E-state index contributed by atoms with van der Waals surface area (Å²) in [6, 6.07) is 3.28. The average Bonchev–Trinajstić information content (AvgIpc) is 3.33. The van der Waals surface area contributed by atoms with Crippen LogP contribution in [-0.4, -0.2) is 69.6 Å². The number of imidazole rings is 1. The van der Waals surface area contributed by atoms with Crippen LogP contribution >= 0.6 is 0 Å². The van der Waals surface area contributed by atoms with E-state index in [9.17, 15) is 35.5 Å². The molecular formula is C17H17N7O8. The third-order valence-corrected chi connectivity index (χ3v) is 4.99. The average molecular weight is 447 g/mol. The Morgan fingerprint density at radius 1 is 1.06 bits per heavy atom. The van der Waals surface area contributed by atoms with E-state index < -0.39 is 52.4 Å². The van der Waals surface area contributed by atoms with E-state index >= 15 is 0 Å². The molecule has 1 aliphatic heterocycles. The molecule has 0 spiro atoms. The van der Waals surface area contributed by atoms with E-state index in [1.54, 1.807) is 0 Å². The van der Waals surface area contributed by atoms with Gasteiger partial charge >= 0.3 is 0 Å². The van der Waals surface area contributed by atoms with Gasteiger partial charge < -0.3 is 25.4 Å². The van der Waals surface area contributed by atoms with Crippen molar-refractivity contribution in [3.05, 3.63) is 56.6 Å². The van der Waals surface area contributed by atoms with Crippen molar-refractivity contribution in [2.75, 3.05) is 11.9 Å². The monoisotopic (exact) mass is 447 g/mol. The molecule has 1 aliphatic rings. The van der Waals surface area contributed by atoms with Gasteiger partial charge in [0.25, 0.3) is 11.4 Å². The van der Waals surface area contributed by atoms with E-state index in [0.29, 0.717) is 0 Å². The third-order valence-electron chi connectivity index (χ3n) is 4.99. The summed E-state index contributed by atoms with van der Waals surface area (Å²) in [6.07, 6.45) is -2.12. The fraction of sp³-hybridized carbons (Fsp3) is 0.353. The van der Waals surface area contributed by atoms with Crippen LogP contribution < -0.4 is 5.32 Å². The van der Waals surface area contributed by atoms with Crippen molar-refractivity contribution in [1.82, 2.24) is 19.5 Å². The highest BCUT2D eigenvalue weighted by atomic mass is 16.6. The van der Waals surface area contributed by atoms with Gasteiger partial charge in [-0.05, 0) is 5.56 Å². The molecule has 0 bridgehead atoms. The number of nitro groups is 2. The maximum absolute atomic E-state index is 11.1. The molecule has 0 saturated carbocycles. The Bertz CT molecular complexity index is 1150. The number of nitro benzene ring substituents is 2. The van der Waals surface area contributed by atoms with E-state index in [1.807, 2.05) is 0 Å². The van der Waals surface area contributed by atoms with E-state index in [-0.39, 0.29) is 29.1 Å². The highest BCUT2D eigenvalue weighted by Gasteiger charge is 2.44. The van der Waals surface area contributed by atoms with Crippen LogP contribution in [0.1, 0.15) is 11.8 Å². The van der Waals surface area contributed by atoms with Crippen LogP contribution in [0.4, 0.5) is 17.2 Å². The number of rotatable bonds is 7. The number of anilines is 1. The Morgan fingerprint density at radius 2 is 1.75 bits per heavy atom. The number of ether oxygens (including phenoxy) is 1. The lowest BCUT2D eigenvalue weighted by molar-refractivity contribution is -0.394. The Hall–Kier alpha value is -3.79. The number of aromatic nitrogens is 4. The SMILES string of the molecule is O=[N+]([O-])c1cc(CNc2ncnc3c2ncn3[C@@H]2O[C@H](CO)[C@@H](O)[C@H]2O)cc([N+](=O)[O-])c1. The lowest BCUT2D eigenvalue weighted by Gasteiger charge is -2.16. The number of hydrogen-bond donors (Lipinski definition) is 4.